The maximum atomic E-state index is 14.3. The Morgan fingerprint density at radius 2 is 1.50 bits per heavy atom. The van der Waals surface area contributed by atoms with Crippen molar-refractivity contribution >= 4 is 32.0 Å². The van der Waals surface area contributed by atoms with E-state index in [0.29, 0.717) is 0 Å². The van der Waals surface area contributed by atoms with Crippen LogP contribution in [-0.4, -0.2) is 20.7 Å². The molecule has 0 radical (unpaired) electrons. The summed E-state index contributed by atoms with van der Waals surface area (Å²) < 4.78 is 102. The van der Waals surface area contributed by atoms with E-state index in [1.54, 1.807) is 0 Å². The fraction of sp³-hybridized carbons (Fsp3) is 0.188. The van der Waals surface area contributed by atoms with Gasteiger partial charge < -0.3 is 10.6 Å². The van der Waals surface area contributed by atoms with Crippen molar-refractivity contribution in [3.8, 4) is 0 Å². The van der Waals surface area contributed by atoms with Gasteiger partial charge in [0.05, 0.1) is 11.9 Å². The maximum Gasteiger partial charge on any atom is 0.315 e. The molecular formula is C16H17F6N3O3S2. The van der Waals surface area contributed by atoms with Crippen molar-refractivity contribution in [1.82, 2.24) is 10.6 Å². The largest absolute Gasteiger partial charge is 0.334 e. The molecule has 2 amide bonds. The lowest BCUT2D eigenvalue weighted by Gasteiger charge is -2.40. The number of carbonyl (C=O) groups is 1. The fourth-order valence-corrected chi connectivity index (χ4v) is 3.49. The lowest BCUT2D eigenvalue weighted by atomic mass is 10.2. The SMILES string of the molecule is CS(=O)(=O)Nc1cccc(CNC(=O)NCc2ccc(S(F)(F)(F)(F)F)cc2)c1F. The van der Waals surface area contributed by atoms with Gasteiger partial charge in [0, 0.05) is 18.7 Å². The first-order chi connectivity index (χ1) is 13.4. The predicted molar refractivity (Wildman–Crippen MR) is 102 cm³/mol. The van der Waals surface area contributed by atoms with E-state index in [9.17, 15) is 37.0 Å². The third-order valence-corrected chi connectivity index (χ3v) is 5.39. The summed E-state index contributed by atoms with van der Waals surface area (Å²) in [5.74, 6) is -0.894. The van der Waals surface area contributed by atoms with E-state index in [1.807, 2.05) is 4.72 Å². The zero-order chi connectivity index (χ0) is 22.9. The Bertz CT molecular complexity index is 1060. The summed E-state index contributed by atoms with van der Waals surface area (Å²) >= 11 is 0. The minimum atomic E-state index is -9.76. The molecule has 2 aromatic carbocycles. The predicted octanol–water partition coefficient (Wildman–Crippen LogP) is 4.85. The number of sulfonamides is 1. The van der Waals surface area contributed by atoms with E-state index in [0.717, 1.165) is 18.4 Å². The van der Waals surface area contributed by atoms with Gasteiger partial charge >= 0.3 is 16.3 Å². The third kappa shape index (κ3) is 7.02. The quantitative estimate of drug-likeness (QED) is 0.498. The number of nitrogens with one attached hydrogen (secondary N) is 3. The normalized spacial score (nSPS) is 14.4. The average molecular weight is 477 g/mol. The molecular weight excluding hydrogens is 460 g/mol. The minimum absolute atomic E-state index is 0.0287. The highest BCUT2D eigenvalue weighted by molar-refractivity contribution is 8.45. The van der Waals surface area contributed by atoms with Crippen molar-refractivity contribution in [2.24, 2.45) is 0 Å². The summed E-state index contributed by atoms with van der Waals surface area (Å²) in [6, 6.07) is 5.11. The number of anilines is 1. The van der Waals surface area contributed by atoms with Gasteiger partial charge in [-0.05, 0) is 23.8 Å². The molecule has 2 aromatic rings. The summed E-state index contributed by atoms with van der Waals surface area (Å²) in [6.07, 6.45) is 0.842. The molecule has 6 nitrogen and oxygen atoms in total. The van der Waals surface area contributed by atoms with Gasteiger partial charge in [-0.3, -0.25) is 4.72 Å². The molecule has 0 atom stereocenters. The Labute approximate surface area is 168 Å². The number of amides is 2. The van der Waals surface area contributed by atoms with Crippen LogP contribution in [0, 0.1) is 5.82 Å². The zero-order valence-electron chi connectivity index (χ0n) is 15.3. The molecule has 0 aromatic heterocycles. The number of benzene rings is 2. The van der Waals surface area contributed by atoms with E-state index in [2.05, 4.69) is 10.6 Å². The van der Waals surface area contributed by atoms with Crippen LogP contribution in [0.5, 0.6) is 0 Å². The molecule has 0 bridgehead atoms. The van der Waals surface area contributed by atoms with Crippen LogP contribution in [0.3, 0.4) is 0 Å². The Morgan fingerprint density at radius 3 is 2.03 bits per heavy atom. The highest BCUT2D eigenvalue weighted by atomic mass is 32.5. The van der Waals surface area contributed by atoms with Crippen molar-refractivity contribution in [2.75, 3.05) is 11.0 Å². The monoisotopic (exact) mass is 477 g/mol. The Balaban J connectivity index is 1.94. The number of hydrogen-bond acceptors (Lipinski definition) is 3. The first-order valence-corrected chi connectivity index (χ1v) is 11.9. The molecule has 2 rings (SSSR count). The maximum absolute atomic E-state index is 14.3. The van der Waals surface area contributed by atoms with Crippen LogP contribution in [-0.2, 0) is 23.1 Å². The van der Waals surface area contributed by atoms with E-state index >= 15 is 0 Å². The van der Waals surface area contributed by atoms with Crippen LogP contribution < -0.4 is 15.4 Å². The zero-order valence-corrected chi connectivity index (χ0v) is 16.9. The van der Waals surface area contributed by atoms with Crippen LogP contribution in [0.25, 0.3) is 0 Å². The molecule has 0 aliphatic rings. The van der Waals surface area contributed by atoms with Gasteiger partial charge in [0.2, 0.25) is 10.0 Å². The van der Waals surface area contributed by atoms with Crippen LogP contribution in [0.2, 0.25) is 0 Å². The molecule has 0 heterocycles. The second kappa shape index (κ2) is 7.27. The summed E-state index contributed by atoms with van der Waals surface area (Å²) in [6.45, 7) is -0.593. The number of carbonyl (C=O) groups excluding carboxylic acids is 1. The Kier molecular flexibility index (Phi) is 5.73. The summed E-state index contributed by atoms with van der Waals surface area (Å²) in [4.78, 5) is 9.75. The first kappa shape index (κ1) is 23.7. The van der Waals surface area contributed by atoms with Crippen molar-refractivity contribution in [1.29, 1.82) is 0 Å². The Morgan fingerprint density at radius 1 is 0.933 bits per heavy atom. The first-order valence-electron chi connectivity index (χ1n) is 8.04. The average Bonchev–Trinajstić information content (AvgIpc) is 2.58. The molecule has 0 saturated carbocycles. The molecule has 0 fully saturated rings. The van der Waals surface area contributed by atoms with Gasteiger partial charge in [-0.1, -0.05) is 43.7 Å². The van der Waals surface area contributed by atoms with Crippen molar-refractivity contribution in [3.05, 3.63) is 59.4 Å². The van der Waals surface area contributed by atoms with Gasteiger partial charge in [-0.2, -0.15) is 0 Å². The van der Waals surface area contributed by atoms with Crippen LogP contribution in [0.15, 0.2) is 47.4 Å². The second-order valence-electron chi connectivity index (χ2n) is 6.30. The molecule has 0 unspecified atom stereocenters. The van der Waals surface area contributed by atoms with E-state index in [1.165, 1.54) is 18.2 Å². The molecule has 30 heavy (non-hydrogen) atoms. The van der Waals surface area contributed by atoms with Gasteiger partial charge in [0.1, 0.15) is 4.90 Å². The number of halogens is 6. The third-order valence-electron chi connectivity index (χ3n) is 3.64. The van der Waals surface area contributed by atoms with Crippen LogP contribution >= 0.6 is 10.2 Å². The second-order valence-corrected chi connectivity index (χ2v) is 10.5. The van der Waals surface area contributed by atoms with Crippen molar-refractivity contribution in [2.45, 2.75) is 18.0 Å². The van der Waals surface area contributed by atoms with Crippen LogP contribution in [0.1, 0.15) is 11.1 Å². The Hall–Kier alpha value is -2.61. The van der Waals surface area contributed by atoms with Gasteiger partial charge in [0.15, 0.2) is 5.82 Å². The number of urea groups is 1. The van der Waals surface area contributed by atoms with E-state index < -0.39 is 37.0 Å². The molecule has 0 saturated heterocycles. The van der Waals surface area contributed by atoms with Gasteiger partial charge in [-0.25, -0.2) is 17.6 Å². The number of rotatable bonds is 7. The molecule has 14 heteroatoms. The lowest BCUT2D eigenvalue weighted by Crippen LogP contribution is -2.34. The summed E-state index contributed by atoms with van der Waals surface area (Å²) in [7, 11) is -13.5. The number of hydrogen-bond donors (Lipinski definition) is 3. The standard InChI is InChI=1S/C16H17F6N3O3S2/c1-29(27,28)25-14-4-2-3-12(15(14)17)10-24-16(26)23-9-11-5-7-13(8-6-11)30(18,19,20,21)22/h2-8,25H,9-10H2,1H3,(H2,23,24,26). The van der Waals surface area contributed by atoms with Crippen molar-refractivity contribution in [3.63, 3.8) is 0 Å². The van der Waals surface area contributed by atoms with E-state index in [-0.39, 0.29) is 42.0 Å². The van der Waals surface area contributed by atoms with Crippen LogP contribution in [0.4, 0.5) is 34.3 Å². The molecule has 0 spiro atoms. The molecule has 168 valence electrons. The summed E-state index contributed by atoms with van der Waals surface area (Å²) in [5.41, 5.74) is -0.207. The lowest BCUT2D eigenvalue weighted by molar-refractivity contribution is 0.240. The van der Waals surface area contributed by atoms with Gasteiger partial charge in [-0.15, -0.1) is 0 Å². The van der Waals surface area contributed by atoms with E-state index in [4.69, 9.17) is 0 Å². The molecule has 3 N–H and O–H groups in total. The van der Waals surface area contributed by atoms with Gasteiger partial charge in [0.25, 0.3) is 0 Å². The highest BCUT2D eigenvalue weighted by Crippen LogP contribution is 3.02. The smallest absolute Gasteiger partial charge is 0.315 e. The van der Waals surface area contributed by atoms with Crippen molar-refractivity contribution < 1.29 is 37.0 Å². The minimum Gasteiger partial charge on any atom is -0.334 e. The topological polar surface area (TPSA) is 87.3 Å². The summed E-state index contributed by atoms with van der Waals surface area (Å²) in [5, 5.41) is 4.56. The molecule has 0 aliphatic carbocycles. The molecule has 0 aliphatic heterocycles. The fourth-order valence-electron chi connectivity index (χ4n) is 2.28. The highest BCUT2D eigenvalue weighted by Gasteiger charge is 2.65.